The van der Waals surface area contributed by atoms with E-state index in [9.17, 15) is 4.79 Å². The molecule has 0 aromatic heterocycles. The summed E-state index contributed by atoms with van der Waals surface area (Å²) in [5.74, 6) is 1.43. The lowest BCUT2D eigenvalue weighted by Gasteiger charge is -2.23. The van der Waals surface area contributed by atoms with Crippen molar-refractivity contribution in [1.29, 1.82) is 0 Å². The Morgan fingerprint density at radius 2 is 2.09 bits per heavy atom. The Bertz CT molecular complexity index is 484. The van der Waals surface area contributed by atoms with Gasteiger partial charge in [-0.15, -0.1) is 12.4 Å². The molecule has 1 fully saturated rings. The van der Waals surface area contributed by atoms with Gasteiger partial charge >= 0.3 is 0 Å². The highest BCUT2D eigenvalue weighted by atomic mass is 35.5. The summed E-state index contributed by atoms with van der Waals surface area (Å²) in [5, 5.41) is 6.63. The van der Waals surface area contributed by atoms with Crippen LogP contribution in [0.3, 0.4) is 0 Å². The summed E-state index contributed by atoms with van der Waals surface area (Å²) in [5.41, 5.74) is 2.51. The number of amides is 1. The van der Waals surface area contributed by atoms with E-state index in [0.29, 0.717) is 18.3 Å². The zero-order chi connectivity index (χ0) is 15.9. The van der Waals surface area contributed by atoms with Crippen molar-refractivity contribution >= 4 is 18.3 Å². The SMILES string of the molecule is Cc1ccccc1C(CC(C)C)NC(=O)CCC1CCNC1.Cl. The van der Waals surface area contributed by atoms with Crippen LogP contribution in [-0.2, 0) is 4.79 Å². The number of halogens is 1. The number of carbonyl (C=O) groups excluding carboxylic acids is 1. The van der Waals surface area contributed by atoms with Crippen LogP contribution in [0, 0.1) is 18.8 Å². The van der Waals surface area contributed by atoms with Crippen molar-refractivity contribution in [2.24, 2.45) is 11.8 Å². The van der Waals surface area contributed by atoms with Gasteiger partial charge in [-0.05, 0) is 62.2 Å². The van der Waals surface area contributed by atoms with E-state index >= 15 is 0 Å². The van der Waals surface area contributed by atoms with Gasteiger partial charge < -0.3 is 10.6 Å². The van der Waals surface area contributed by atoms with Gasteiger partial charge in [-0.3, -0.25) is 4.79 Å². The van der Waals surface area contributed by atoms with Crippen molar-refractivity contribution in [3.63, 3.8) is 0 Å². The molecule has 0 radical (unpaired) electrons. The summed E-state index contributed by atoms with van der Waals surface area (Å²) < 4.78 is 0. The first kappa shape index (κ1) is 20.0. The Balaban J connectivity index is 0.00000264. The average Bonchev–Trinajstić information content (AvgIpc) is 2.98. The van der Waals surface area contributed by atoms with E-state index in [1.807, 2.05) is 0 Å². The maximum absolute atomic E-state index is 12.3. The number of aryl methyl sites for hydroxylation is 1. The fraction of sp³-hybridized carbons (Fsp3) is 0.632. The zero-order valence-corrected chi connectivity index (χ0v) is 15.4. The number of nitrogens with one attached hydrogen (secondary N) is 2. The molecule has 0 aliphatic carbocycles. The normalized spacial score (nSPS) is 18.5. The van der Waals surface area contributed by atoms with Crippen LogP contribution in [0.5, 0.6) is 0 Å². The highest BCUT2D eigenvalue weighted by Gasteiger charge is 2.20. The predicted molar refractivity (Wildman–Crippen MR) is 99.0 cm³/mol. The number of rotatable bonds is 7. The monoisotopic (exact) mass is 338 g/mol. The molecule has 0 bridgehead atoms. The molecule has 1 amide bonds. The van der Waals surface area contributed by atoms with Crippen molar-refractivity contribution in [1.82, 2.24) is 10.6 Å². The van der Waals surface area contributed by atoms with Crippen molar-refractivity contribution in [3.8, 4) is 0 Å². The largest absolute Gasteiger partial charge is 0.349 e. The average molecular weight is 339 g/mol. The van der Waals surface area contributed by atoms with E-state index in [1.54, 1.807) is 0 Å². The van der Waals surface area contributed by atoms with Crippen LogP contribution < -0.4 is 10.6 Å². The standard InChI is InChI=1S/C19H30N2O.ClH/c1-14(2)12-18(17-7-5-4-6-15(17)3)21-19(22)9-8-16-10-11-20-13-16;/h4-7,14,16,18,20H,8-13H2,1-3H3,(H,21,22);1H. The molecule has 1 aromatic rings. The summed E-state index contributed by atoms with van der Waals surface area (Å²) in [6, 6.07) is 8.52. The molecule has 2 rings (SSSR count). The molecule has 0 saturated carbocycles. The Kier molecular flexibility index (Phi) is 8.64. The van der Waals surface area contributed by atoms with E-state index in [2.05, 4.69) is 55.7 Å². The Morgan fingerprint density at radius 1 is 1.35 bits per heavy atom. The minimum absolute atomic E-state index is 0. The third-order valence-corrected chi connectivity index (χ3v) is 4.55. The van der Waals surface area contributed by atoms with Crippen LogP contribution in [0.1, 0.15) is 56.7 Å². The van der Waals surface area contributed by atoms with Crippen molar-refractivity contribution in [2.75, 3.05) is 13.1 Å². The third kappa shape index (κ3) is 6.52. The Hall–Kier alpha value is -1.06. The molecule has 2 N–H and O–H groups in total. The summed E-state index contributed by atoms with van der Waals surface area (Å²) in [6.45, 7) is 8.72. The van der Waals surface area contributed by atoms with Gasteiger partial charge in [0.25, 0.3) is 0 Å². The molecule has 23 heavy (non-hydrogen) atoms. The molecule has 130 valence electrons. The fourth-order valence-corrected chi connectivity index (χ4v) is 3.28. The molecular weight excluding hydrogens is 308 g/mol. The molecule has 1 aromatic carbocycles. The van der Waals surface area contributed by atoms with Crippen LogP contribution in [0.15, 0.2) is 24.3 Å². The molecule has 2 atom stereocenters. The Labute approximate surface area is 147 Å². The molecule has 0 spiro atoms. The van der Waals surface area contributed by atoms with Gasteiger partial charge in [0.15, 0.2) is 0 Å². The quantitative estimate of drug-likeness (QED) is 0.788. The summed E-state index contributed by atoms with van der Waals surface area (Å²) >= 11 is 0. The van der Waals surface area contributed by atoms with Crippen LogP contribution >= 0.6 is 12.4 Å². The molecule has 3 nitrogen and oxygen atoms in total. The first-order valence-corrected chi connectivity index (χ1v) is 8.62. The fourth-order valence-electron chi connectivity index (χ4n) is 3.28. The van der Waals surface area contributed by atoms with E-state index in [4.69, 9.17) is 0 Å². The molecule has 1 aliphatic heterocycles. The van der Waals surface area contributed by atoms with Gasteiger partial charge in [-0.25, -0.2) is 0 Å². The number of benzene rings is 1. The molecule has 4 heteroatoms. The molecule has 2 unspecified atom stereocenters. The second kappa shape index (κ2) is 9.94. The van der Waals surface area contributed by atoms with E-state index in [-0.39, 0.29) is 24.4 Å². The van der Waals surface area contributed by atoms with Gasteiger partial charge in [0.05, 0.1) is 6.04 Å². The first-order chi connectivity index (χ1) is 10.6. The maximum Gasteiger partial charge on any atom is 0.220 e. The van der Waals surface area contributed by atoms with Gasteiger partial charge in [-0.1, -0.05) is 38.1 Å². The summed E-state index contributed by atoms with van der Waals surface area (Å²) in [6.07, 6.45) is 3.84. The summed E-state index contributed by atoms with van der Waals surface area (Å²) in [4.78, 5) is 12.3. The van der Waals surface area contributed by atoms with Crippen LogP contribution in [0.4, 0.5) is 0 Å². The highest BCUT2D eigenvalue weighted by molar-refractivity contribution is 5.85. The second-order valence-corrected chi connectivity index (χ2v) is 7.00. The van der Waals surface area contributed by atoms with Gasteiger partial charge in [0.2, 0.25) is 5.91 Å². The van der Waals surface area contributed by atoms with Crippen LogP contribution in [0.25, 0.3) is 0 Å². The zero-order valence-electron chi connectivity index (χ0n) is 14.6. The predicted octanol–water partition coefficient (Wildman–Crippen LogP) is 4.01. The molecule has 1 aliphatic rings. The lowest BCUT2D eigenvalue weighted by molar-refractivity contribution is -0.122. The van der Waals surface area contributed by atoms with Gasteiger partial charge in [0.1, 0.15) is 0 Å². The van der Waals surface area contributed by atoms with E-state index in [1.165, 1.54) is 17.5 Å². The highest BCUT2D eigenvalue weighted by Crippen LogP contribution is 2.24. The number of carbonyl (C=O) groups is 1. The minimum Gasteiger partial charge on any atom is -0.349 e. The molecule has 1 heterocycles. The number of hydrogen-bond acceptors (Lipinski definition) is 2. The topological polar surface area (TPSA) is 41.1 Å². The van der Waals surface area contributed by atoms with Crippen LogP contribution in [0.2, 0.25) is 0 Å². The van der Waals surface area contributed by atoms with E-state index < -0.39 is 0 Å². The van der Waals surface area contributed by atoms with Gasteiger partial charge in [-0.2, -0.15) is 0 Å². The van der Waals surface area contributed by atoms with Crippen molar-refractivity contribution in [3.05, 3.63) is 35.4 Å². The van der Waals surface area contributed by atoms with Crippen LogP contribution in [-0.4, -0.2) is 19.0 Å². The Morgan fingerprint density at radius 3 is 2.70 bits per heavy atom. The van der Waals surface area contributed by atoms with Crippen molar-refractivity contribution in [2.45, 2.75) is 52.5 Å². The summed E-state index contributed by atoms with van der Waals surface area (Å²) in [7, 11) is 0. The van der Waals surface area contributed by atoms with E-state index in [0.717, 1.165) is 25.9 Å². The van der Waals surface area contributed by atoms with Gasteiger partial charge in [0, 0.05) is 6.42 Å². The lowest BCUT2D eigenvalue weighted by atomic mass is 9.93. The number of hydrogen-bond donors (Lipinski definition) is 2. The smallest absolute Gasteiger partial charge is 0.220 e. The molecular formula is C19H31ClN2O. The van der Waals surface area contributed by atoms with Crippen molar-refractivity contribution < 1.29 is 4.79 Å². The maximum atomic E-state index is 12.3. The first-order valence-electron chi connectivity index (χ1n) is 8.62. The third-order valence-electron chi connectivity index (χ3n) is 4.55. The lowest BCUT2D eigenvalue weighted by Crippen LogP contribution is -2.30. The minimum atomic E-state index is 0. The molecule has 1 saturated heterocycles. The second-order valence-electron chi connectivity index (χ2n) is 7.00.